The molecular formula is C19H19N3O4. The number of hydrogen-bond acceptors (Lipinski definition) is 4. The van der Waals surface area contributed by atoms with Gasteiger partial charge in [0.15, 0.2) is 0 Å². The van der Waals surface area contributed by atoms with E-state index in [4.69, 9.17) is 5.11 Å². The summed E-state index contributed by atoms with van der Waals surface area (Å²) in [6, 6.07) is 11.0. The predicted octanol–water partition coefficient (Wildman–Crippen LogP) is 2.66. The first-order chi connectivity index (χ1) is 12.6. The zero-order valence-electron chi connectivity index (χ0n) is 14.1. The molecule has 1 aliphatic heterocycles. The molecule has 3 rings (SSSR count). The number of pyridine rings is 1. The number of nitrogens with one attached hydrogen (secondary N) is 1. The van der Waals surface area contributed by atoms with E-state index in [9.17, 15) is 14.4 Å². The lowest BCUT2D eigenvalue weighted by Crippen LogP contribution is -2.36. The lowest BCUT2D eigenvalue weighted by molar-refractivity contribution is 0.0688. The standard InChI is InChI=1S/C19H19N3O4/c23-17(15-9-6-10-16(20-15)19(25)26)21-14-8-3-2-7-13(14)18(24)22-11-4-1-5-12-22/h2-3,6-10H,1,4-5,11-12H2,(H,21,23)(H,25,26). The first-order valence-corrected chi connectivity index (χ1v) is 8.46. The molecule has 0 atom stereocenters. The van der Waals surface area contributed by atoms with Gasteiger partial charge in [-0.2, -0.15) is 0 Å². The predicted molar refractivity (Wildman–Crippen MR) is 95.3 cm³/mol. The Balaban J connectivity index is 1.82. The molecule has 1 aromatic heterocycles. The van der Waals surface area contributed by atoms with Crippen LogP contribution in [0, 0.1) is 0 Å². The highest BCUT2D eigenvalue weighted by Crippen LogP contribution is 2.20. The van der Waals surface area contributed by atoms with Crippen LogP contribution in [0.3, 0.4) is 0 Å². The molecule has 2 amide bonds. The van der Waals surface area contributed by atoms with Gasteiger partial charge in [-0.3, -0.25) is 9.59 Å². The van der Waals surface area contributed by atoms with Crippen molar-refractivity contribution in [2.45, 2.75) is 19.3 Å². The topological polar surface area (TPSA) is 99.6 Å². The van der Waals surface area contributed by atoms with E-state index in [0.717, 1.165) is 19.3 Å². The van der Waals surface area contributed by atoms with Gasteiger partial charge in [0.1, 0.15) is 11.4 Å². The fraction of sp³-hybridized carbons (Fsp3) is 0.263. The van der Waals surface area contributed by atoms with E-state index >= 15 is 0 Å². The lowest BCUT2D eigenvalue weighted by Gasteiger charge is -2.27. The molecule has 0 radical (unpaired) electrons. The summed E-state index contributed by atoms with van der Waals surface area (Å²) in [5, 5.41) is 11.7. The van der Waals surface area contributed by atoms with E-state index in [-0.39, 0.29) is 17.3 Å². The number of para-hydroxylation sites is 1. The quantitative estimate of drug-likeness (QED) is 0.880. The van der Waals surface area contributed by atoms with Crippen LogP contribution in [0.2, 0.25) is 0 Å². The Bertz CT molecular complexity index is 844. The molecule has 1 fully saturated rings. The molecule has 2 aromatic rings. The highest BCUT2D eigenvalue weighted by Gasteiger charge is 2.21. The highest BCUT2D eigenvalue weighted by atomic mass is 16.4. The number of aromatic carboxylic acids is 1. The third-order valence-electron chi connectivity index (χ3n) is 4.25. The van der Waals surface area contributed by atoms with Crippen LogP contribution in [0.15, 0.2) is 42.5 Å². The number of likely N-dealkylation sites (tertiary alicyclic amines) is 1. The van der Waals surface area contributed by atoms with Gasteiger partial charge < -0.3 is 15.3 Å². The molecular weight excluding hydrogens is 334 g/mol. The molecule has 7 nitrogen and oxygen atoms in total. The Hall–Kier alpha value is -3.22. The molecule has 1 aromatic carbocycles. The number of piperidine rings is 1. The number of rotatable bonds is 4. The van der Waals surface area contributed by atoms with Crippen molar-refractivity contribution in [2.75, 3.05) is 18.4 Å². The summed E-state index contributed by atoms with van der Waals surface area (Å²) in [6.45, 7) is 1.42. The average molecular weight is 353 g/mol. The van der Waals surface area contributed by atoms with Crippen molar-refractivity contribution in [1.82, 2.24) is 9.88 Å². The van der Waals surface area contributed by atoms with Gasteiger partial charge in [0.05, 0.1) is 11.3 Å². The fourth-order valence-corrected chi connectivity index (χ4v) is 2.91. The van der Waals surface area contributed by atoms with Gasteiger partial charge in [0.25, 0.3) is 11.8 Å². The van der Waals surface area contributed by atoms with Crippen LogP contribution in [0.25, 0.3) is 0 Å². The van der Waals surface area contributed by atoms with Gasteiger partial charge in [0.2, 0.25) is 0 Å². The third-order valence-corrected chi connectivity index (χ3v) is 4.25. The van der Waals surface area contributed by atoms with Crippen LogP contribution in [-0.4, -0.2) is 45.9 Å². The molecule has 1 saturated heterocycles. The Morgan fingerprint density at radius 1 is 0.923 bits per heavy atom. The summed E-state index contributed by atoms with van der Waals surface area (Å²) >= 11 is 0. The van der Waals surface area contributed by atoms with Crippen LogP contribution < -0.4 is 5.32 Å². The summed E-state index contributed by atoms with van der Waals surface area (Å²) in [5.74, 6) is -1.89. The van der Waals surface area contributed by atoms with Crippen molar-refractivity contribution < 1.29 is 19.5 Å². The van der Waals surface area contributed by atoms with Crippen molar-refractivity contribution >= 4 is 23.5 Å². The van der Waals surface area contributed by atoms with E-state index in [1.165, 1.54) is 18.2 Å². The lowest BCUT2D eigenvalue weighted by atomic mass is 10.1. The maximum atomic E-state index is 12.8. The maximum absolute atomic E-state index is 12.8. The molecule has 2 N–H and O–H groups in total. The van der Waals surface area contributed by atoms with Gasteiger partial charge in [0, 0.05) is 13.1 Å². The van der Waals surface area contributed by atoms with Crippen molar-refractivity contribution in [1.29, 1.82) is 0 Å². The minimum Gasteiger partial charge on any atom is -0.477 e. The molecule has 26 heavy (non-hydrogen) atoms. The molecule has 0 spiro atoms. The van der Waals surface area contributed by atoms with Gasteiger partial charge in [-0.15, -0.1) is 0 Å². The zero-order chi connectivity index (χ0) is 18.5. The summed E-state index contributed by atoms with van der Waals surface area (Å²) < 4.78 is 0. The number of nitrogens with zero attached hydrogens (tertiary/aromatic N) is 2. The number of carbonyl (C=O) groups is 3. The van der Waals surface area contributed by atoms with E-state index in [0.29, 0.717) is 24.3 Å². The minimum absolute atomic E-state index is 0.0230. The number of carboxylic acids is 1. The number of amides is 2. The van der Waals surface area contributed by atoms with Crippen LogP contribution in [-0.2, 0) is 0 Å². The van der Waals surface area contributed by atoms with Crippen LogP contribution in [0.4, 0.5) is 5.69 Å². The second-order valence-corrected chi connectivity index (χ2v) is 6.07. The molecule has 7 heteroatoms. The molecule has 1 aliphatic rings. The van der Waals surface area contributed by atoms with Crippen LogP contribution in [0.1, 0.15) is 50.6 Å². The number of aromatic nitrogens is 1. The highest BCUT2D eigenvalue weighted by molar-refractivity contribution is 6.08. The smallest absolute Gasteiger partial charge is 0.354 e. The normalized spacial score (nSPS) is 13.9. The van der Waals surface area contributed by atoms with Gasteiger partial charge >= 0.3 is 5.97 Å². The molecule has 0 bridgehead atoms. The molecule has 0 aliphatic carbocycles. The number of benzene rings is 1. The maximum Gasteiger partial charge on any atom is 0.354 e. The molecule has 0 saturated carbocycles. The van der Waals surface area contributed by atoms with E-state index < -0.39 is 11.9 Å². The summed E-state index contributed by atoms with van der Waals surface area (Å²) in [7, 11) is 0. The zero-order valence-corrected chi connectivity index (χ0v) is 14.1. The van der Waals surface area contributed by atoms with E-state index in [1.807, 2.05) is 0 Å². The monoisotopic (exact) mass is 353 g/mol. The van der Waals surface area contributed by atoms with Crippen LogP contribution >= 0.6 is 0 Å². The molecule has 0 unspecified atom stereocenters. The SMILES string of the molecule is O=C(O)c1cccc(C(=O)Nc2ccccc2C(=O)N2CCCCC2)n1. The number of hydrogen-bond donors (Lipinski definition) is 2. The van der Waals surface area contributed by atoms with Gasteiger partial charge in [-0.1, -0.05) is 18.2 Å². The Morgan fingerprint density at radius 2 is 1.62 bits per heavy atom. The van der Waals surface area contributed by atoms with Crippen molar-refractivity contribution in [2.24, 2.45) is 0 Å². The second kappa shape index (κ2) is 7.77. The van der Waals surface area contributed by atoms with Crippen LogP contribution in [0.5, 0.6) is 0 Å². The molecule has 2 heterocycles. The largest absolute Gasteiger partial charge is 0.477 e. The molecule has 134 valence electrons. The summed E-state index contributed by atoms with van der Waals surface area (Å²) in [4.78, 5) is 41.8. The summed E-state index contributed by atoms with van der Waals surface area (Å²) in [5.41, 5.74) is 0.563. The Labute approximate surface area is 150 Å². The minimum atomic E-state index is -1.21. The first-order valence-electron chi connectivity index (χ1n) is 8.46. The number of carbonyl (C=O) groups excluding carboxylic acids is 2. The number of carboxylic acid groups (broad SMARTS) is 1. The van der Waals surface area contributed by atoms with Crippen molar-refractivity contribution in [3.63, 3.8) is 0 Å². The fourth-order valence-electron chi connectivity index (χ4n) is 2.91. The van der Waals surface area contributed by atoms with E-state index in [2.05, 4.69) is 10.3 Å². The average Bonchev–Trinajstić information content (AvgIpc) is 2.68. The summed E-state index contributed by atoms with van der Waals surface area (Å²) in [6.07, 6.45) is 3.08. The second-order valence-electron chi connectivity index (χ2n) is 6.07. The van der Waals surface area contributed by atoms with Crippen molar-refractivity contribution in [3.8, 4) is 0 Å². The first kappa shape index (κ1) is 17.6. The van der Waals surface area contributed by atoms with E-state index in [1.54, 1.807) is 29.2 Å². The van der Waals surface area contributed by atoms with Gasteiger partial charge in [-0.25, -0.2) is 9.78 Å². The Kier molecular flexibility index (Phi) is 5.26. The third kappa shape index (κ3) is 3.88. The van der Waals surface area contributed by atoms with Gasteiger partial charge in [-0.05, 0) is 43.5 Å². The number of anilines is 1. The Morgan fingerprint density at radius 3 is 2.35 bits per heavy atom. The van der Waals surface area contributed by atoms with Crippen molar-refractivity contribution in [3.05, 3.63) is 59.4 Å².